The van der Waals surface area contributed by atoms with Crippen LogP contribution in [0.15, 0.2) is 24.3 Å². The predicted octanol–water partition coefficient (Wildman–Crippen LogP) is 1.88. The summed E-state index contributed by atoms with van der Waals surface area (Å²) in [4.78, 5) is 26.1. The zero-order chi connectivity index (χ0) is 16.7. The number of carbonyl (C=O) groups excluding carboxylic acids is 2. The van der Waals surface area contributed by atoms with Crippen molar-refractivity contribution >= 4 is 24.2 Å². The van der Waals surface area contributed by atoms with E-state index in [-0.39, 0.29) is 30.1 Å². The zero-order valence-corrected chi connectivity index (χ0v) is 15.3. The monoisotopic (exact) mass is 353 g/mol. The number of hydrogen-bond acceptors (Lipinski definition) is 3. The van der Waals surface area contributed by atoms with Crippen LogP contribution in [0.4, 0.5) is 0 Å². The molecule has 0 aromatic heterocycles. The van der Waals surface area contributed by atoms with Gasteiger partial charge in [0.05, 0.1) is 0 Å². The van der Waals surface area contributed by atoms with Gasteiger partial charge >= 0.3 is 0 Å². The molecule has 2 rings (SSSR count). The molecule has 0 saturated carbocycles. The van der Waals surface area contributed by atoms with Crippen LogP contribution in [-0.2, 0) is 16.1 Å². The van der Waals surface area contributed by atoms with Crippen LogP contribution in [0, 0.1) is 12.8 Å². The van der Waals surface area contributed by atoms with E-state index >= 15 is 0 Å². The lowest BCUT2D eigenvalue weighted by molar-refractivity contribution is -0.135. The van der Waals surface area contributed by atoms with Gasteiger partial charge in [-0.25, -0.2) is 0 Å². The van der Waals surface area contributed by atoms with Crippen molar-refractivity contribution in [2.24, 2.45) is 5.92 Å². The van der Waals surface area contributed by atoms with Crippen LogP contribution in [-0.4, -0.2) is 43.4 Å². The number of benzene rings is 1. The van der Waals surface area contributed by atoms with E-state index < -0.39 is 0 Å². The molecule has 2 N–H and O–H groups in total. The molecule has 2 amide bonds. The van der Waals surface area contributed by atoms with Gasteiger partial charge in [-0.3, -0.25) is 9.59 Å². The summed E-state index contributed by atoms with van der Waals surface area (Å²) in [5.41, 5.74) is 2.33. The zero-order valence-electron chi connectivity index (χ0n) is 14.5. The fourth-order valence-electron chi connectivity index (χ4n) is 2.82. The maximum absolute atomic E-state index is 12.3. The lowest BCUT2D eigenvalue weighted by Gasteiger charge is -2.31. The minimum atomic E-state index is 0. The molecule has 0 spiro atoms. The first-order chi connectivity index (χ1) is 11.1. The molecular formula is C18H28ClN3O2. The number of aryl methyl sites for hydroxylation is 1. The van der Waals surface area contributed by atoms with Crippen molar-refractivity contribution in [1.82, 2.24) is 15.5 Å². The molecule has 0 aliphatic carbocycles. The molecule has 0 radical (unpaired) electrons. The number of carbonyl (C=O) groups is 2. The van der Waals surface area contributed by atoms with E-state index in [1.165, 1.54) is 5.56 Å². The molecular weight excluding hydrogens is 326 g/mol. The molecule has 5 nitrogen and oxygen atoms in total. The summed E-state index contributed by atoms with van der Waals surface area (Å²) < 4.78 is 0. The van der Waals surface area contributed by atoms with E-state index in [1.807, 2.05) is 31.0 Å². The van der Waals surface area contributed by atoms with Crippen LogP contribution in [0.5, 0.6) is 0 Å². The number of likely N-dealkylation sites (tertiary alicyclic amines) is 1. The predicted molar refractivity (Wildman–Crippen MR) is 98.1 cm³/mol. The van der Waals surface area contributed by atoms with Crippen LogP contribution in [0.1, 0.15) is 30.4 Å². The van der Waals surface area contributed by atoms with E-state index in [0.29, 0.717) is 32.6 Å². The molecule has 1 fully saturated rings. The Hall–Kier alpha value is -1.59. The van der Waals surface area contributed by atoms with Gasteiger partial charge in [0, 0.05) is 38.5 Å². The number of rotatable bonds is 6. The second-order valence-electron chi connectivity index (χ2n) is 6.21. The Morgan fingerprint density at radius 2 is 1.79 bits per heavy atom. The quantitative estimate of drug-likeness (QED) is 0.821. The third kappa shape index (κ3) is 6.13. The van der Waals surface area contributed by atoms with Crippen molar-refractivity contribution in [3.63, 3.8) is 0 Å². The SMILES string of the molecule is CNCCC(=O)N1CCC(C(=O)NCc2ccc(C)cc2)CC1.Cl. The van der Waals surface area contributed by atoms with Crippen molar-refractivity contribution in [2.75, 3.05) is 26.7 Å². The maximum atomic E-state index is 12.3. The minimum absolute atomic E-state index is 0. The number of piperidine rings is 1. The fourth-order valence-corrected chi connectivity index (χ4v) is 2.82. The van der Waals surface area contributed by atoms with Gasteiger partial charge in [0.1, 0.15) is 0 Å². The first-order valence-electron chi connectivity index (χ1n) is 8.36. The smallest absolute Gasteiger partial charge is 0.223 e. The Morgan fingerprint density at radius 3 is 2.38 bits per heavy atom. The van der Waals surface area contributed by atoms with Crippen molar-refractivity contribution in [3.8, 4) is 0 Å². The number of hydrogen-bond donors (Lipinski definition) is 2. The Morgan fingerprint density at radius 1 is 1.17 bits per heavy atom. The summed E-state index contributed by atoms with van der Waals surface area (Å²) in [6.45, 7) is 4.70. The molecule has 1 saturated heterocycles. The largest absolute Gasteiger partial charge is 0.352 e. The summed E-state index contributed by atoms with van der Waals surface area (Å²) in [6, 6.07) is 8.19. The summed E-state index contributed by atoms with van der Waals surface area (Å²) in [5.74, 6) is 0.305. The van der Waals surface area contributed by atoms with Crippen LogP contribution < -0.4 is 10.6 Å². The average molecular weight is 354 g/mol. The number of nitrogens with one attached hydrogen (secondary N) is 2. The van der Waals surface area contributed by atoms with Crippen LogP contribution >= 0.6 is 12.4 Å². The van der Waals surface area contributed by atoms with Gasteiger partial charge in [-0.2, -0.15) is 0 Å². The standard InChI is InChI=1S/C18H27N3O2.ClH/c1-14-3-5-15(6-4-14)13-20-18(23)16-8-11-21(12-9-16)17(22)7-10-19-2;/h3-6,16,19H,7-13H2,1-2H3,(H,20,23);1H. The molecule has 134 valence electrons. The molecule has 1 heterocycles. The number of nitrogens with zero attached hydrogens (tertiary/aromatic N) is 1. The molecule has 1 aliphatic heterocycles. The van der Waals surface area contributed by atoms with Gasteiger partial charge in [0.2, 0.25) is 11.8 Å². The summed E-state index contributed by atoms with van der Waals surface area (Å²) >= 11 is 0. The summed E-state index contributed by atoms with van der Waals surface area (Å²) in [7, 11) is 1.85. The molecule has 0 atom stereocenters. The first kappa shape index (κ1) is 20.5. The van der Waals surface area contributed by atoms with Gasteiger partial charge in [0.15, 0.2) is 0 Å². The summed E-state index contributed by atoms with van der Waals surface area (Å²) in [6.07, 6.45) is 2.04. The van der Waals surface area contributed by atoms with E-state index in [1.54, 1.807) is 0 Å². The highest BCUT2D eigenvalue weighted by atomic mass is 35.5. The fraction of sp³-hybridized carbons (Fsp3) is 0.556. The minimum Gasteiger partial charge on any atom is -0.352 e. The average Bonchev–Trinajstić information content (AvgIpc) is 2.59. The Balaban J connectivity index is 0.00000288. The lowest BCUT2D eigenvalue weighted by atomic mass is 9.95. The maximum Gasteiger partial charge on any atom is 0.223 e. The molecule has 24 heavy (non-hydrogen) atoms. The topological polar surface area (TPSA) is 61.4 Å². The van der Waals surface area contributed by atoms with Gasteiger partial charge < -0.3 is 15.5 Å². The number of amides is 2. The van der Waals surface area contributed by atoms with Gasteiger partial charge in [0.25, 0.3) is 0 Å². The van der Waals surface area contributed by atoms with Crippen LogP contribution in [0.2, 0.25) is 0 Å². The van der Waals surface area contributed by atoms with Crippen molar-refractivity contribution in [3.05, 3.63) is 35.4 Å². The Bertz CT molecular complexity index is 526. The molecule has 1 aromatic carbocycles. The van der Waals surface area contributed by atoms with Crippen molar-refractivity contribution in [1.29, 1.82) is 0 Å². The molecule has 0 bridgehead atoms. The first-order valence-corrected chi connectivity index (χ1v) is 8.36. The molecule has 1 aliphatic rings. The highest BCUT2D eigenvalue weighted by Gasteiger charge is 2.26. The van der Waals surface area contributed by atoms with Gasteiger partial charge in [-0.15, -0.1) is 12.4 Å². The second-order valence-corrected chi connectivity index (χ2v) is 6.21. The van der Waals surface area contributed by atoms with E-state index in [4.69, 9.17) is 0 Å². The normalized spacial score (nSPS) is 14.8. The highest BCUT2D eigenvalue weighted by Crippen LogP contribution is 2.18. The van der Waals surface area contributed by atoms with Crippen LogP contribution in [0.3, 0.4) is 0 Å². The van der Waals surface area contributed by atoms with Crippen molar-refractivity contribution in [2.45, 2.75) is 32.7 Å². The number of halogens is 1. The molecule has 1 aromatic rings. The molecule has 0 unspecified atom stereocenters. The Kier molecular flexibility index (Phi) is 8.79. The second kappa shape index (κ2) is 10.3. The van der Waals surface area contributed by atoms with E-state index in [0.717, 1.165) is 18.4 Å². The van der Waals surface area contributed by atoms with Gasteiger partial charge in [-0.1, -0.05) is 29.8 Å². The third-order valence-electron chi connectivity index (χ3n) is 4.39. The Labute approximate surface area is 150 Å². The van der Waals surface area contributed by atoms with E-state index in [9.17, 15) is 9.59 Å². The van der Waals surface area contributed by atoms with E-state index in [2.05, 4.69) is 22.8 Å². The van der Waals surface area contributed by atoms with Crippen molar-refractivity contribution < 1.29 is 9.59 Å². The molecule has 6 heteroatoms. The third-order valence-corrected chi connectivity index (χ3v) is 4.39. The van der Waals surface area contributed by atoms with Crippen LogP contribution in [0.25, 0.3) is 0 Å². The lowest BCUT2D eigenvalue weighted by Crippen LogP contribution is -2.43. The summed E-state index contributed by atoms with van der Waals surface area (Å²) in [5, 5.41) is 6.00. The van der Waals surface area contributed by atoms with Gasteiger partial charge in [-0.05, 0) is 32.4 Å². The highest BCUT2D eigenvalue weighted by molar-refractivity contribution is 5.85.